The van der Waals surface area contributed by atoms with Gasteiger partial charge >= 0.3 is 0 Å². The van der Waals surface area contributed by atoms with E-state index in [4.69, 9.17) is 17.3 Å². The zero-order valence-electron chi connectivity index (χ0n) is 8.99. The second-order valence-corrected chi connectivity index (χ2v) is 4.18. The fraction of sp³-hybridized carbons (Fsp3) is 0.143. The summed E-state index contributed by atoms with van der Waals surface area (Å²) in [5.41, 5.74) is 9.11. The van der Waals surface area contributed by atoms with Crippen LogP contribution in [0.2, 0.25) is 5.02 Å². The van der Waals surface area contributed by atoms with Crippen molar-refractivity contribution in [1.82, 2.24) is 0 Å². The molecule has 2 rings (SSSR count). The molecule has 0 aliphatic rings. The fourth-order valence-electron chi connectivity index (χ4n) is 1.70. The van der Waals surface area contributed by atoms with Crippen molar-refractivity contribution in [2.75, 3.05) is 6.54 Å². The molecule has 0 aromatic heterocycles. The molecule has 0 amide bonds. The van der Waals surface area contributed by atoms with E-state index >= 15 is 0 Å². The monoisotopic (exact) mass is 231 g/mol. The Bertz CT molecular complexity index is 462. The maximum absolute atomic E-state index is 5.96. The summed E-state index contributed by atoms with van der Waals surface area (Å²) < 4.78 is 0. The number of halogens is 1. The molecule has 0 spiro atoms. The first kappa shape index (κ1) is 11.2. The van der Waals surface area contributed by atoms with E-state index in [1.54, 1.807) is 0 Å². The molecule has 2 N–H and O–H groups in total. The smallest absolute Gasteiger partial charge is 0.0412 e. The number of rotatable bonds is 3. The van der Waals surface area contributed by atoms with Gasteiger partial charge in [-0.15, -0.1) is 0 Å². The van der Waals surface area contributed by atoms with Gasteiger partial charge < -0.3 is 5.73 Å². The minimum absolute atomic E-state index is 0.691. The molecule has 0 heterocycles. The highest BCUT2D eigenvalue weighted by Crippen LogP contribution is 2.22. The first-order valence-electron chi connectivity index (χ1n) is 5.34. The lowest BCUT2D eigenvalue weighted by Gasteiger charge is -2.04. The highest BCUT2D eigenvalue weighted by atomic mass is 35.5. The Morgan fingerprint density at radius 1 is 0.938 bits per heavy atom. The predicted molar refractivity (Wildman–Crippen MR) is 69.6 cm³/mol. The van der Waals surface area contributed by atoms with Gasteiger partial charge in [-0.05, 0) is 41.8 Å². The molecule has 0 radical (unpaired) electrons. The third-order valence-corrected chi connectivity index (χ3v) is 2.78. The molecule has 0 saturated heterocycles. The van der Waals surface area contributed by atoms with Crippen LogP contribution in [0.1, 0.15) is 5.56 Å². The summed E-state index contributed by atoms with van der Waals surface area (Å²) in [5.74, 6) is 0. The summed E-state index contributed by atoms with van der Waals surface area (Å²) >= 11 is 5.96. The van der Waals surface area contributed by atoms with Gasteiger partial charge in [-0.2, -0.15) is 0 Å². The fourth-order valence-corrected chi connectivity index (χ4v) is 1.89. The summed E-state index contributed by atoms with van der Waals surface area (Å²) in [5, 5.41) is 0.767. The lowest BCUT2D eigenvalue weighted by Crippen LogP contribution is -2.02. The zero-order chi connectivity index (χ0) is 11.4. The summed E-state index contributed by atoms with van der Waals surface area (Å²) in [4.78, 5) is 0. The molecule has 2 heteroatoms. The summed E-state index contributed by atoms with van der Waals surface area (Å²) in [7, 11) is 0. The molecule has 0 saturated carbocycles. The molecule has 16 heavy (non-hydrogen) atoms. The normalized spacial score (nSPS) is 10.4. The SMILES string of the molecule is NCCc1ccc(-c2cccc(Cl)c2)cc1. The average Bonchev–Trinajstić information content (AvgIpc) is 2.30. The molecule has 0 bridgehead atoms. The van der Waals surface area contributed by atoms with Crippen molar-refractivity contribution in [3.63, 3.8) is 0 Å². The maximum Gasteiger partial charge on any atom is 0.0412 e. The van der Waals surface area contributed by atoms with Gasteiger partial charge in [-0.1, -0.05) is 48.0 Å². The van der Waals surface area contributed by atoms with Gasteiger partial charge in [-0.3, -0.25) is 0 Å². The van der Waals surface area contributed by atoms with Crippen LogP contribution in [-0.4, -0.2) is 6.54 Å². The quantitative estimate of drug-likeness (QED) is 0.860. The molecule has 2 aromatic rings. The number of benzene rings is 2. The molecule has 0 unspecified atom stereocenters. The Hall–Kier alpha value is -1.31. The zero-order valence-corrected chi connectivity index (χ0v) is 9.74. The maximum atomic E-state index is 5.96. The molecule has 2 aromatic carbocycles. The van der Waals surface area contributed by atoms with E-state index < -0.39 is 0 Å². The topological polar surface area (TPSA) is 26.0 Å². The second-order valence-electron chi connectivity index (χ2n) is 3.75. The summed E-state index contributed by atoms with van der Waals surface area (Å²) in [6, 6.07) is 16.3. The molecular weight excluding hydrogens is 218 g/mol. The molecule has 0 atom stereocenters. The first-order valence-corrected chi connectivity index (χ1v) is 5.72. The Balaban J connectivity index is 2.27. The number of hydrogen-bond donors (Lipinski definition) is 1. The standard InChI is InChI=1S/C14H14ClN/c15-14-3-1-2-13(10-14)12-6-4-11(5-7-12)8-9-16/h1-7,10H,8-9,16H2. The van der Waals surface area contributed by atoms with Crippen LogP contribution in [0.4, 0.5) is 0 Å². The minimum Gasteiger partial charge on any atom is -0.330 e. The largest absolute Gasteiger partial charge is 0.330 e. The van der Waals surface area contributed by atoms with Gasteiger partial charge in [0.1, 0.15) is 0 Å². The van der Waals surface area contributed by atoms with Crippen molar-refractivity contribution in [2.24, 2.45) is 5.73 Å². The van der Waals surface area contributed by atoms with Crippen molar-refractivity contribution < 1.29 is 0 Å². The second kappa shape index (κ2) is 5.15. The van der Waals surface area contributed by atoms with E-state index in [2.05, 4.69) is 30.3 Å². The summed E-state index contributed by atoms with van der Waals surface area (Å²) in [6.07, 6.45) is 0.926. The van der Waals surface area contributed by atoms with Crippen molar-refractivity contribution in [3.05, 3.63) is 59.1 Å². The van der Waals surface area contributed by atoms with Gasteiger partial charge in [0.25, 0.3) is 0 Å². The van der Waals surface area contributed by atoms with Crippen LogP contribution >= 0.6 is 11.6 Å². The lowest BCUT2D eigenvalue weighted by atomic mass is 10.0. The molecule has 0 aliphatic carbocycles. The molecule has 82 valence electrons. The van der Waals surface area contributed by atoms with Crippen molar-refractivity contribution in [3.8, 4) is 11.1 Å². The van der Waals surface area contributed by atoms with Crippen molar-refractivity contribution in [1.29, 1.82) is 0 Å². The van der Waals surface area contributed by atoms with Crippen LogP contribution < -0.4 is 5.73 Å². The molecular formula is C14H14ClN. The van der Waals surface area contributed by atoms with Crippen LogP contribution in [0.15, 0.2) is 48.5 Å². The third-order valence-electron chi connectivity index (χ3n) is 2.54. The molecule has 0 fully saturated rings. The number of nitrogens with two attached hydrogens (primary N) is 1. The highest BCUT2D eigenvalue weighted by Gasteiger charge is 1.98. The van der Waals surface area contributed by atoms with E-state index in [0.717, 1.165) is 17.0 Å². The predicted octanol–water partition coefficient (Wildman–Crippen LogP) is 3.51. The van der Waals surface area contributed by atoms with Crippen molar-refractivity contribution in [2.45, 2.75) is 6.42 Å². The van der Waals surface area contributed by atoms with E-state index in [0.29, 0.717) is 6.54 Å². The van der Waals surface area contributed by atoms with Crippen LogP contribution in [0.5, 0.6) is 0 Å². The van der Waals surface area contributed by atoms with Crippen LogP contribution in [0.25, 0.3) is 11.1 Å². The number of hydrogen-bond acceptors (Lipinski definition) is 1. The van der Waals surface area contributed by atoms with Crippen LogP contribution in [0.3, 0.4) is 0 Å². The van der Waals surface area contributed by atoms with Crippen molar-refractivity contribution >= 4 is 11.6 Å². The highest BCUT2D eigenvalue weighted by molar-refractivity contribution is 6.30. The summed E-state index contributed by atoms with van der Waals surface area (Å²) in [6.45, 7) is 0.691. The van der Waals surface area contributed by atoms with Gasteiger partial charge in [0, 0.05) is 5.02 Å². The first-order chi connectivity index (χ1) is 7.79. The van der Waals surface area contributed by atoms with Crippen LogP contribution in [0, 0.1) is 0 Å². The van der Waals surface area contributed by atoms with Crippen LogP contribution in [-0.2, 0) is 6.42 Å². The Morgan fingerprint density at radius 3 is 2.31 bits per heavy atom. The van der Waals surface area contributed by atoms with E-state index in [1.807, 2.05) is 18.2 Å². The molecule has 1 nitrogen and oxygen atoms in total. The van der Waals surface area contributed by atoms with Gasteiger partial charge in [-0.25, -0.2) is 0 Å². The third kappa shape index (κ3) is 2.63. The van der Waals surface area contributed by atoms with Gasteiger partial charge in [0.2, 0.25) is 0 Å². The Labute approximate surface area is 101 Å². The van der Waals surface area contributed by atoms with Gasteiger partial charge in [0.05, 0.1) is 0 Å². The Morgan fingerprint density at radius 2 is 1.69 bits per heavy atom. The Kier molecular flexibility index (Phi) is 3.60. The van der Waals surface area contributed by atoms with Gasteiger partial charge in [0.15, 0.2) is 0 Å². The molecule has 0 aliphatic heterocycles. The average molecular weight is 232 g/mol. The van der Waals surface area contributed by atoms with E-state index in [9.17, 15) is 0 Å². The lowest BCUT2D eigenvalue weighted by molar-refractivity contribution is 0.969. The van der Waals surface area contributed by atoms with E-state index in [-0.39, 0.29) is 0 Å². The minimum atomic E-state index is 0.691. The van der Waals surface area contributed by atoms with E-state index in [1.165, 1.54) is 11.1 Å².